The number of hydrogen-bond acceptors (Lipinski definition) is 3. The van der Waals surface area contributed by atoms with Gasteiger partial charge >= 0.3 is 5.97 Å². The molecule has 4 nitrogen and oxygen atoms in total. The van der Waals surface area contributed by atoms with Crippen LogP contribution in [0.2, 0.25) is 0 Å². The van der Waals surface area contributed by atoms with Gasteiger partial charge in [0.25, 0.3) is 0 Å². The van der Waals surface area contributed by atoms with Gasteiger partial charge in [-0.1, -0.05) is 20.8 Å². The van der Waals surface area contributed by atoms with Gasteiger partial charge in [0.15, 0.2) is 0 Å². The van der Waals surface area contributed by atoms with Crippen LogP contribution in [0.5, 0.6) is 0 Å². The van der Waals surface area contributed by atoms with Gasteiger partial charge in [-0.05, 0) is 18.3 Å². The van der Waals surface area contributed by atoms with Crippen LogP contribution < -0.4 is 11.1 Å². The lowest BCUT2D eigenvalue weighted by atomic mass is 9.86. The van der Waals surface area contributed by atoms with Crippen molar-refractivity contribution < 1.29 is 9.90 Å². The number of carboxylic acid groups (broad SMARTS) is 1. The van der Waals surface area contributed by atoms with E-state index in [2.05, 4.69) is 26.1 Å². The molecule has 82 valence electrons. The molecular weight excluding hydrogens is 180 g/mol. The third kappa shape index (κ3) is 2.45. The summed E-state index contributed by atoms with van der Waals surface area (Å²) in [5.41, 5.74) is 5.74. The molecule has 1 aliphatic heterocycles. The number of hydrogen-bond donors (Lipinski definition) is 3. The monoisotopic (exact) mass is 200 g/mol. The van der Waals surface area contributed by atoms with Crippen LogP contribution in [-0.2, 0) is 4.79 Å². The van der Waals surface area contributed by atoms with Gasteiger partial charge in [0.1, 0.15) is 6.04 Å². The molecule has 0 spiro atoms. The summed E-state index contributed by atoms with van der Waals surface area (Å²) >= 11 is 0. The minimum absolute atomic E-state index is 0.0725. The molecule has 0 saturated carbocycles. The first kappa shape index (κ1) is 11.5. The fraction of sp³-hybridized carbons (Fsp3) is 0.900. The van der Waals surface area contributed by atoms with E-state index >= 15 is 0 Å². The highest BCUT2D eigenvalue weighted by molar-refractivity contribution is 5.74. The molecule has 0 radical (unpaired) electrons. The number of rotatable bonds is 2. The van der Waals surface area contributed by atoms with E-state index in [1.54, 1.807) is 0 Å². The van der Waals surface area contributed by atoms with Crippen molar-refractivity contribution in [3.8, 4) is 0 Å². The van der Waals surface area contributed by atoms with Crippen LogP contribution in [-0.4, -0.2) is 29.2 Å². The molecule has 1 saturated heterocycles. The third-order valence-corrected chi connectivity index (χ3v) is 2.95. The van der Waals surface area contributed by atoms with E-state index in [9.17, 15) is 4.79 Å². The maximum atomic E-state index is 10.7. The van der Waals surface area contributed by atoms with Gasteiger partial charge in [0.05, 0.1) is 0 Å². The maximum absolute atomic E-state index is 10.7. The molecule has 1 fully saturated rings. The highest BCUT2D eigenvalue weighted by Gasteiger charge is 2.36. The number of nitrogens with one attached hydrogen (secondary N) is 1. The van der Waals surface area contributed by atoms with Crippen LogP contribution in [0.3, 0.4) is 0 Å². The minimum Gasteiger partial charge on any atom is -0.480 e. The van der Waals surface area contributed by atoms with Gasteiger partial charge in [0, 0.05) is 12.1 Å². The summed E-state index contributed by atoms with van der Waals surface area (Å²) in [5, 5.41) is 12.1. The number of carboxylic acids is 1. The molecule has 0 bridgehead atoms. The Hall–Kier alpha value is -0.610. The van der Waals surface area contributed by atoms with Crippen molar-refractivity contribution in [1.82, 2.24) is 5.32 Å². The van der Waals surface area contributed by atoms with Crippen molar-refractivity contribution in [3.63, 3.8) is 0 Å². The summed E-state index contributed by atoms with van der Waals surface area (Å²) in [5.74, 6) is -0.919. The molecule has 3 atom stereocenters. The Labute approximate surface area is 84.9 Å². The molecule has 4 N–H and O–H groups in total. The summed E-state index contributed by atoms with van der Waals surface area (Å²) in [6, 6.07) is -0.475. The average molecular weight is 200 g/mol. The topological polar surface area (TPSA) is 75.4 Å². The molecule has 14 heavy (non-hydrogen) atoms. The van der Waals surface area contributed by atoms with Crippen molar-refractivity contribution in [1.29, 1.82) is 0 Å². The van der Waals surface area contributed by atoms with E-state index in [1.807, 2.05) is 0 Å². The van der Waals surface area contributed by atoms with Crippen molar-refractivity contribution in [2.45, 2.75) is 51.7 Å². The van der Waals surface area contributed by atoms with Crippen molar-refractivity contribution in [2.75, 3.05) is 0 Å². The zero-order valence-electron chi connectivity index (χ0n) is 9.08. The second-order valence-electron chi connectivity index (χ2n) is 5.13. The van der Waals surface area contributed by atoms with E-state index < -0.39 is 12.0 Å². The molecule has 1 unspecified atom stereocenters. The van der Waals surface area contributed by atoms with Crippen LogP contribution in [0.4, 0.5) is 0 Å². The zero-order valence-corrected chi connectivity index (χ0v) is 9.08. The highest BCUT2D eigenvalue weighted by Crippen LogP contribution is 2.28. The smallest absolute Gasteiger partial charge is 0.322 e. The van der Waals surface area contributed by atoms with Crippen LogP contribution in [0.25, 0.3) is 0 Å². The van der Waals surface area contributed by atoms with Gasteiger partial charge in [-0.2, -0.15) is 0 Å². The van der Waals surface area contributed by atoms with E-state index in [0.717, 1.165) is 12.8 Å². The first-order valence-corrected chi connectivity index (χ1v) is 5.07. The molecule has 0 aliphatic carbocycles. The fourth-order valence-corrected chi connectivity index (χ4v) is 1.91. The van der Waals surface area contributed by atoms with Crippen molar-refractivity contribution in [2.24, 2.45) is 11.1 Å². The van der Waals surface area contributed by atoms with E-state index in [1.165, 1.54) is 0 Å². The lowest BCUT2D eigenvalue weighted by molar-refractivity contribution is -0.139. The predicted molar refractivity (Wildman–Crippen MR) is 55.0 cm³/mol. The summed E-state index contributed by atoms with van der Waals surface area (Å²) < 4.78 is 0. The van der Waals surface area contributed by atoms with Gasteiger partial charge in [0.2, 0.25) is 0 Å². The minimum atomic E-state index is -0.919. The molecule has 4 heteroatoms. The quantitative estimate of drug-likeness (QED) is 0.609. The van der Waals surface area contributed by atoms with Gasteiger partial charge in [-0.25, -0.2) is 0 Å². The van der Waals surface area contributed by atoms with Crippen molar-refractivity contribution >= 4 is 5.97 Å². The standard InChI is InChI=1S/C10H20N2O2/c1-10(2,3)7-5-4-6(12-7)8(11)9(13)14/h6-8,12H,4-5,11H2,1-3H3,(H,13,14)/t6?,7-,8-/m0/s1. The van der Waals surface area contributed by atoms with E-state index in [-0.39, 0.29) is 11.5 Å². The van der Waals surface area contributed by atoms with Crippen molar-refractivity contribution in [3.05, 3.63) is 0 Å². The maximum Gasteiger partial charge on any atom is 0.322 e. The molecule has 0 aromatic rings. The summed E-state index contributed by atoms with van der Waals surface area (Å²) in [6.45, 7) is 6.46. The Bertz CT molecular complexity index is 223. The molecular formula is C10H20N2O2. The van der Waals surface area contributed by atoms with Gasteiger partial charge < -0.3 is 16.2 Å². The Morgan fingerprint density at radius 3 is 2.43 bits per heavy atom. The second-order valence-corrected chi connectivity index (χ2v) is 5.13. The molecule has 0 aromatic heterocycles. The fourth-order valence-electron chi connectivity index (χ4n) is 1.91. The first-order valence-electron chi connectivity index (χ1n) is 5.07. The zero-order chi connectivity index (χ0) is 10.9. The largest absolute Gasteiger partial charge is 0.480 e. The first-order chi connectivity index (χ1) is 6.32. The lowest BCUT2D eigenvalue weighted by Crippen LogP contribution is -2.50. The second kappa shape index (κ2) is 3.87. The highest BCUT2D eigenvalue weighted by atomic mass is 16.4. The molecule has 0 aromatic carbocycles. The van der Waals surface area contributed by atoms with Gasteiger partial charge in [-0.3, -0.25) is 4.79 Å². The van der Waals surface area contributed by atoms with Crippen LogP contribution in [0, 0.1) is 5.41 Å². The Balaban J connectivity index is 2.53. The van der Waals surface area contributed by atoms with Crippen LogP contribution >= 0.6 is 0 Å². The Kier molecular flexibility index (Phi) is 3.17. The summed E-state index contributed by atoms with van der Waals surface area (Å²) in [4.78, 5) is 10.7. The summed E-state index contributed by atoms with van der Waals surface area (Å²) in [6.07, 6.45) is 1.87. The Morgan fingerprint density at radius 2 is 2.07 bits per heavy atom. The van der Waals surface area contributed by atoms with Gasteiger partial charge in [-0.15, -0.1) is 0 Å². The normalized spacial score (nSPS) is 30.3. The predicted octanol–water partition coefficient (Wildman–Crippen LogP) is 0.565. The molecule has 1 rings (SSSR count). The van der Waals surface area contributed by atoms with Crippen LogP contribution in [0.1, 0.15) is 33.6 Å². The molecule has 1 heterocycles. The number of aliphatic carboxylic acids is 1. The van der Waals surface area contributed by atoms with E-state index in [4.69, 9.17) is 10.8 Å². The number of carbonyl (C=O) groups is 1. The third-order valence-electron chi connectivity index (χ3n) is 2.95. The van der Waals surface area contributed by atoms with E-state index in [0.29, 0.717) is 6.04 Å². The summed E-state index contributed by atoms with van der Waals surface area (Å²) in [7, 11) is 0. The Morgan fingerprint density at radius 1 is 1.50 bits per heavy atom. The number of nitrogens with two attached hydrogens (primary N) is 1. The lowest BCUT2D eigenvalue weighted by Gasteiger charge is -2.28. The SMILES string of the molecule is CC(C)(C)[C@@H]1CCC([C@H](N)C(=O)O)N1. The molecule has 1 aliphatic rings. The average Bonchev–Trinajstić information content (AvgIpc) is 2.49. The molecule has 0 amide bonds. The van der Waals surface area contributed by atoms with Crippen LogP contribution in [0.15, 0.2) is 0 Å².